The van der Waals surface area contributed by atoms with Gasteiger partial charge in [-0.15, -0.1) is 0 Å². The third-order valence-electron chi connectivity index (χ3n) is 4.76. The van der Waals surface area contributed by atoms with E-state index in [9.17, 15) is 13.7 Å². The standard InChI is InChI=1S/C16H21FO2S/c1-11-5-6-13(17)7-12(11)8-16(18)9-14-3-2-4-15(10-16)20(14)19/h5-7,14-15,18H,2-4,8-10H2,1H3. The number of fused-ring (bicyclic) bond motifs is 2. The fourth-order valence-corrected chi connectivity index (χ4v) is 6.00. The number of hydrogen-bond donors (Lipinski definition) is 1. The van der Waals surface area contributed by atoms with Gasteiger partial charge in [0.25, 0.3) is 0 Å². The number of aryl methyl sites for hydroxylation is 1. The van der Waals surface area contributed by atoms with Crippen LogP contribution < -0.4 is 0 Å². The molecule has 2 unspecified atom stereocenters. The summed E-state index contributed by atoms with van der Waals surface area (Å²) < 4.78 is 25.6. The number of rotatable bonds is 2. The SMILES string of the molecule is Cc1ccc(F)cc1CC1(O)CC2CCCC(C1)S2=O. The maximum atomic E-state index is 13.4. The fourth-order valence-electron chi connectivity index (χ4n) is 3.71. The predicted molar refractivity (Wildman–Crippen MR) is 78.6 cm³/mol. The summed E-state index contributed by atoms with van der Waals surface area (Å²) >= 11 is 0. The van der Waals surface area contributed by atoms with Crippen molar-refractivity contribution in [3.8, 4) is 0 Å². The van der Waals surface area contributed by atoms with Gasteiger partial charge in [0.05, 0.1) is 5.60 Å². The molecule has 2 atom stereocenters. The third kappa shape index (κ3) is 2.68. The lowest BCUT2D eigenvalue weighted by atomic mass is 9.80. The lowest BCUT2D eigenvalue weighted by Gasteiger charge is -2.43. The summed E-state index contributed by atoms with van der Waals surface area (Å²) in [6.45, 7) is 1.94. The molecule has 0 amide bonds. The van der Waals surface area contributed by atoms with Crippen molar-refractivity contribution in [2.75, 3.05) is 0 Å². The molecule has 1 aromatic carbocycles. The van der Waals surface area contributed by atoms with Gasteiger partial charge in [-0.1, -0.05) is 12.5 Å². The molecule has 0 aliphatic carbocycles. The van der Waals surface area contributed by atoms with E-state index in [0.717, 1.165) is 30.4 Å². The number of aliphatic hydroxyl groups is 1. The van der Waals surface area contributed by atoms with Crippen LogP contribution in [-0.2, 0) is 17.2 Å². The summed E-state index contributed by atoms with van der Waals surface area (Å²) in [5.41, 5.74) is 1.07. The van der Waals surface area contributed by atoms with Gasteiger partial charge in [0.2, 0.25) is 0 Å². The van der Waals surface area contributed by atoms with E-state index < -0.39 is 16.4 Å². The Morgan fingerprint density at radius 3 is 2.65 bits per heavy atom. The minimum atomic E-state index is -0.817. The van der Waals surface area contributed by atoms with Crippen molar-refractivity contribution in [3.05, 3.63) is 35.1 Å². The van der Waals surface area contributed by atoms with Crippen molar-refractivity contribution in [3.63, 3.8) is 0 Å². The second-order valence-electron chi connectivity index (χ2n) is 6.38. The highest BCUT2D eigenvalue weighted by Crippen LogP contribution is 2.41. The van der Waals surface area contributed by atoms with Crippen LogP contribution in [0.1, 0.15) is 43.2 Å². The van der Waals surface area contributed by atoms with E-state index in [1.54, 1.807) is 6.07 Å². The van der Waals surface area contributed by atoms with Crippen LogP contribution in [0.25, 0.3) is 0 Å². The molecule has 2 aliphatic rings. The van der Waals surface area contributed by atoms with Gasteiger partial charge in [-0.05, 0) is 55.9 Å². The number of halogens is 1. The van der Waals surface area contributed by atoms with Crippen LogP contribution in [0.5, 0.6) is 0 Å². The van der Waals surface area contributed by atoms with Gasteiger partial charge in [0.1, 0.15) is 5.82 Å². The first kappa shape index (κ1) is 14.2. The van der Waals surface area contributed by atoms with E-state index in [1.165, 1.54) is 12.1 Å². The fraction of sp³-hybridized carbons (Fsp3) is 0.625. The van der Waals surface area contributed by atoms with Crippen LogP contribution in [-0.4, -0.2) is 25.4 Å². The Balaban J connectivity index is 1.83. The summed E-state index contributed by atoms with van der Waals surface area (Å²) in [4.78, 5) is 0. The minimum absolute atomic E-state index is 0.126. The van der Waals surface area contributed by atoms with Gasteiger partial charge >= 0.3 is 0 Å². The molecular weight excluding hydrogens is 275 g/mol. The largest absolute Gasteiger partial charge is 0.389 e. The van der Waals surface area contributed by atoms with Gasteiger partial charge in [-0.3, -0.25) is 4.21 Å². The van der Waals surface area contributed by atoms with Crippen LogP contribution in [0.15, 0.2) is 18.2 Å². The maximum Gasteiger partial charge on any atom is 0.123 e. The monoisotopic (exact) mass is 296 g/mol. The molecule has 0 spiro atoms. The Hall–Kier alpha value is -0.740. The summed E-state index contributed by atoms with van der Waals surface area (Å²) in [6.07, 6.45) is 4.68. The summed E-state index contributed by atoms with van der Waals surface area (Å²) in [5, 5.41) is 11.2. The summed E-state index contributed by atoms with van der Waals surface area (Å²) in [5.74, 6) is -0.256. The molecule has 1 N–H and O–H groups in total. The second-order valence-corrected chi connectivity index (χ2v) is 8.37. The maximum absolute atomic E-state index is 13.4. The second kappa shape index (κ2) is 5.23. The molecule has 2 bridgehead atoms. The highest BCUT2D eigenvalue weighted by Gasteiger charge is 2.45. The Morgan fingerprint density at radius 2 is 2.00 bits per heavy atom. The van der Waals surface area contributed by atoms with Crippen molar-refractivity contribution in [1.82, 2.24) is 0 Å². The van der Waals surface area contributed by atoms with Crippen LogP contribution in [0.2, 0.25) is 0 Å². The van der Waals surface area contributed by atoms with Gasteiger partial charge < -0.3 is 5.11 Å². The first-order valence-electron chi connectivity index (χ1n) is 7.34. The van der Waals surface area contributed by atoms with Crippen LogP contribution in [0.4, 0.5) is 4.39 Å². The van der Waals surface area contributed by atoms with E-state index in [4.69, 9.17) is 0 Å². The molecular formula is C16H21FO2S. The van der Waals surface area contributed by atoms with Crippen molar-refractivity contribution >= 4 is 10.8 Å². The Morgan fingerprint density at radius 1 is 1.35 bits per heavy atom. The first-order chi connectivity index (χ1) is 9.47. The molecule has 2 aliphatic heterocycles. The molecule has 4 heteroatoms. The Kier molecular flexibility index (Phi) is 3.71. The van der Waals surface area contributed by atoms with Gasteiger partial charge in [0, 0.05) is 27.7 Å². The van der Waals surface area contributed by atoms with E-state index >= 15 is 0 Å². The Bertz CT molecular complexity index is 527. The van der Waals surface area contributed by atoms with E-state index in [-0.39, 0.29) is 16.3 Å². The molecule has 2 saturated heterocycles. The first-order valence-corrected chi connectivity index (χ1v) is 8.61. The molecule has 0 aromatic heterocycles. The lowest BCUT2D eigenvalue weighted by molar-refractivity contribution is 0.0112. The smallest absolute Gasteiger partial charge is 0.123 e. The van der Waals surface area contributed by atoms with Crippen LogP contribution >= 0.6 is 0 Å². The topological polar surface area (TPSA) is 37.3 Å². The summed E-state index contributed by atoms with van der Waals surface area (Å²) in [6, 6.07) is 4.73. The van der Waals surface area contributed by atoms with Crippen molar-refractivity contribution in [2.24, 2.45) is 0 Å². The van der Waals surface area contributed by atoms with Gasteiger partial charge in [-0.2, -0.15) is 0 Å². The van der Waals surface area contributed by atoms with E-state index in [2.05, 4.69) is 0 Å². The molecule has 110 valence electrons. The lowest BCUT2D eigenvalue weighted by Crippen LogP contribution is -2.50. The number of benzene rings is 1. The highest BCUT2D eigenvalue weighted by atomic mass is 32.2. The molecule has 3 rings (SSSR count). The molecule has 2 nitrogen and oxygen atoms in total. The van der Waals surface area contributed by atoms with Crippen molar-refractivity contribution in [2.45, 2.75) is 61.5 Å². The molecule has 20 heavy (non-hydrogen) atoms. The average Bonchev–Trinajstić information content (AvgIpc) is 2.36. The van der Waals surface area contributed by atoms with Crippen LogP contribution in [0.3, 0.4) is 0 Å². The van der Waals surface area contributed by atoms with Gasteiger partial charge in [-0.25, -0.2) is 4.39 Å². The Labute approximate surface area is 121 Å². The zero-order valence-electron chi connectivity index (χ0n) is 11.8. The average molecular weight is 296 g/mol. The zero-order chi connectivity index (χ0) is 14.3. The molecule has 0 radical (unpaired) electrons. The van der Waals surface area contributed by atoms with E-state index in [1.807, 2.05) is 6.92 Å². The number of hydrogen-bond acceptors (Lipinski definition) is 2. The minimum Gasteiger partial charge on any atom is -0.389 e. The summed E-state index contributed by atoms with van der Waals surface area (Å²) in [7, 11) is -0.784. The highest BCUT2D eigenvalue weighted by molar-refractivity contribution is 7.86. The third-order valence-corrected chi connectivity index (χ3v) is 6.87. The molecule has 1 aromatic rings. The molecule has 2 fully saturated rings. The van der Waals surface area contributed by atoms with Gasteiger partial charge in [0.15, 0.2) is 0 Å². The zero-order valence-corrected chi connectivity index (χ0v) is 12.6. The molecule has 2 heterocycles. The van der Waals surface area contributed by atoms with Crippen LogP contribution in [0, 0.1) is 12.7 Å². The normalized spacial score (nSPS) is 36.9. The quantitative estimate of drug-likeness (QED) is 0.911. The van der Waals surface area contributed by atoms with Crippen molar-refractivity contribution in [1.29, 1.82) is 0 Å². The van der Waals surface area contributed by atoms with Crippen molar-refractivity contribution < 1.29 is 13.7 Å². The van der Waals surface area contributed by atoms with E-state index in [0.29, 0.717) is 19.3 Å². The molecule has 0 saturated carbocycles. The predicted octanol–water partition coefficient (Wildman–Crippen LogP) is 2.87.